The lowest BCUT2D eigenvalue weighted by Crippen LogP contribution is -2.10. The van der Waals surface area contributed by atoms with E-state index in [-0.39, 0.29) is 19.0 Å². The van der Waals surface area contributed by atoms with Gasteiger partial charge >= 0.3 is 11.9 Å². The summed E-state index contributed by atoms with van der Waals surface area (Å²) in [4.78, 5) is 24.7. The minimum Gasteiger partial charge on any atom is -0.466 e. The van der Waals surface area contributed by atoms with Crippen molar-refractivity contribution in [1.29, 1.82) is 5.26 Å². The lowest BCUT2D eigenvalue weighted by molar-refractivity contribution is -0.142. The molecule has 2 aromatic heterocycles. The highest BCUT2D eigenvalue weighted by atomic mass is 32.2. The zero-order valence-electron chi connectivity index (χ0n) is 15.4. The molecule has 0 spiro atoms. The van der Waals surface area contributed by atoms with E-state index in [0.29, 0.717) is 34.0 Å². The smallest absolute Gasteiger partial charge is 0.356 e. The summed E-state index contributed by atoms with van der Waals surface area (Å²) >= 11 is 1.30. The Bertz CT molecular complexity index is 880. The topological polar surface area (TPSA) is 80.8 Å². The third kappa shape index (κ3) is 4.02. The Balaban J connectivity index is 2.53. The average molecular weight is 374 g/mol. The molecule has 0 radical (unpaired) electrons. The van der Waals surface area contributed by atoms with Gasteiger partial charge in [0.15, 0.2) is 0 Å². The first-order valence-corrected chi connectivity index (χ1v) is 9.44. The molecule has 6 nitrogen and oxygen atoms in total. The van der Waals surface area contributed by atoms with Gasteiger partial charge in [0, 0.05) is 11.9 Å². The second-order valence-corrected chi connectivity index (χ2v) is 6.81. The molecule has 0 saturated carbocycles. The van der Waals surface area contributed by atoms with Crippen LogP contribution in [0.5, 0.6) is 0 Å². The molecular formula is C19H22N2O4S. The highest BCUT2D eigenvalue weighted by Crippen LogP contribution is 2.35. The Morgan fingerprint density at radius 1 is 1.23 bits per heavy atom. The van der Waals surface area contributed by atoms with Crippen molar-refractivity contribution in [2.75, 3.05) is 19.0 Å². The summed E-state index contributed by atoms with van der Waals surface area (Å²) < 4.78 is 11.9. The van der Waals surface area contributed by atoms with Gasteiger partial charge in [-0.05, 0) is 38.8 Å². The number of nitriles is 1. The maximum Gasteiger partial charge on any atom is 0.356 e. The number of aromatic nitrogens is 1. The Morgan fingerprint density at radius 3 is 2.54 bits per heavy atom. The molecule has 2 heterocycles. The van der Waals surface area contributed by atoms with Crippen LogP contribution in [-0.4, -0.2) is 35.3 Å². The number of thioether (sulfide) groups is 1. The van der Waals surface area contributed by atoms with Crippen LogP contribution in [0.25, 0.3) is 5.52 Å². The SMILES string of the molecule is CCOC(=O)CCSc1c(C#N)c2c(C)cc(C)cn2c1C(=O)OCC. The molecule has 0 bridgehead atoms. The Hall–Kier alpha value is -2.46. The van der Waals surface area contributed by atoms with Crippen molar-refractivity contribution in [3.63, 3.8) is 0 Å². The highest BCUT2D eigenvalue weighted by molar-refractivity contribution is 7.99. The molecule has 2 aromatic rings. The first kappa shape index (κ1) is 19.9. The minimum absolute atomic E-state index is 0.204. The number of aryl methyl sites for hydroxylation is 2. The van der Waals surface area contributed by atoms with Crippen LogP contribution in [0.4, 0.5) is 0 Å². The van der Waals surface area contributed by atoms with Crippen LogP contribution in [-0.2, 0) is 14.3 Å². The largest absolute Gasteiger partial charge is 0.466 e. The van der Waals surface area contributed by atoms with Crippen LogP contribution in [0, 0.1) is 25.2 Å². The molecular weight excluding hydrogens is 352 g/mol. The third-order valence-electron chi connectivity index (χ3n) is 3.75. The summed E-state index contributed by atoms with van der Waals surface area (Å²) in [7, 11) is 0. The molecule has 0 saturated heterocycles. The van der Waals surface area contributed by atoms with Gasteiger partial charge in [-0.25, -0.2) is 4.79 Å². The fraction of sp³-hybridized carbons (Fsp3) is 0.421. The van der Waals surface area contributed by atoms with Crippen LogP contribution in [0.1, 0.15) is 47.4 Å². The van der Waals surface area contributed by atoms with E-state index in [4.69, 9.17) is 9.47 Å². The summed E-state index contributed by atoms with van der Waals surface area (Å²) in [6.07, 6.45) is 2.03. The van der Waals surface area contributed by atoms with E-state index in [2.05, 4.69) is 6.07 Å². The van der Waals surface area contributed by atoms with Crippen molar-refractivity contribution in [3.05, 3.63) is 34.6 Å². The van der Waals surface area contributed by atoms with Crippen molar-refractivity contribution >= 4 is 29.2 Å². The van der Waals surface area contributed by atoms with Crippen LogP contribution >= 0.6 is 11.8 Å². The number of fused-ring (bicyclic) bond motifs is 1. The van der Waals surface area contributed by atoms with Gasteiger partial charge in [-0.2, -0.15) is 5.26 Å². The van der Waals surface area contributed by atoms with Gasteiger partial charge < -0.3 is 13.9 Å². The normalized spacial score (nSPS) is 10.6. The van der Waals surface area contributed by atoms with E-state index in [0.717, 1.165) is 11.1 Å². The Labute approximate surface area is 157 Å². The van der Waals surface area contributed by atoms with Gasteiger partial charge in [-0.1, -0.05) is 6.07 Å². The van der Waals surface area contributed by atoms with Crippen molar-refractivity contribution in [2.45, 2.75) is 39.0 Å². The predicted octanol–water partition coefficient (Wildman–Crippen LogP) is 3.65. The van der Waals surface area contributed by atoms with Gasteiger partial charge in [0.1, 0.15) is 11.8 Å². The molecule has 0 N–H and O–H groups in total. The number of hydrogen-bond donors (Lipinski definition) is 0. The standard InChI is InChI=1S/C19H22N2O4S/c1-5-24-15(22)7-8-26-18-14(10-20)16-13(4)9-12(3)11-21(16)17(18)19(23)25-6-2/h9,11H,5-8H2,1-4H3. The number of carbonyl (C=O) groups excluding carboxylic acids is 2. The molecule has 2 rings (SSSR count). The second-order valence-electron chi connectivity index (χ2n) is 5.71. The van der Waals surface area contributed by atoms with E-state index in [1.54, 1.807) is 18.2 Å². The van der Waals surface area contributed by atoms with Gasteiger partial charge in [-0.3, -0.25) is 4.79 Å². The predicted molar refractivity (Wildman–Crippen MR) is 99.5 cm³/mol. The van der Waals surface area contributed by atoms with Crippen LogP contribution in [0.2, 0.25) is 0 Å². The van der Waals surface area contributed by atoms with Crippen molar-refractivity contribution in [3.8, 4) is 6.07 Å². The quantitative estimate of drug-likeness (QED) is 0.543. The van der Waals surface area contributed by atoms with Crippen LogP contribution in [0.15, 0.2) is 17.2 Å². The van der Waals surface area contributed by atoms with E-state index >= 15 is 0 Å². The molecule has 7 heteroatoms. The van der Waals surface area contributed by atoms with E-state index in [1.807, 2.05) is 26.1 Å². The number of hydrogen-bond acceptors (Lipinski definition) is 6. The molecule has 0 aliphatic carbocycles. The highest BCUT2D eigenvalue weighted by Gasteiger charge is 2.26. The monoisotopic (exact) mass is 374 g/mol. The molecule has 0 unspecified atom stereocenters. The number of rotatable bonds is 7. The summed E-state index contributed by atoms with van der Waals surface area (Å²) in [6.45, 7) is 7.90. The fourth-order valence-electron chi connectivity index (χ4n) is 2.84. The lowest BCUT2D eigenvalue weighted by Gasteiger charge is -2.07. The van der Waals surface area contributed by atoms with Gasteiger partial charge in [0.2, 0.25) is 0 Å². The zero-order valence-corrected chi connectivity index (χ0v) is 16.2. The van der Waals surface area contributed by atoms with E-state index < -0.39 is 5.97 Å². The molecule has 26 heavy (non-hydrogen) atoms. The number of pyridine rings is 1. The Morgan fingerprint density at radius 2 is 1.92 bits per heavy atom. The second kappa shape index (κ2) is 8.77. The zero-order chi connectivity index (χ0) is 19.3. The number of carbonyl (C=O) groups is 2. The van der Waals surface area contributed by atoms with Crippen LogP contribution < -0.4 is 0 Å². The fourth-order valence-corrected chi connectivity index (χ4v) is 3.92. The number of esters is 2. The van der Waals surface area contributed by atoms with E-state index in [1.165, 1.54) is 11.8 Å². The maximum absolute atomic E-state index is 12.6. The summed E-state index contributed by atoms with van der Waals surface area (Å²) in [6, 6.07) is 4.18. The minimum atomic E-state index is -0.479. The third-order valence-corrected chi connectivity index (χ3v) is 4.84. The number of ether oxygens (including phenoxy) is 2. The number of nitrogens with zero attached hydrogens (tertiary/aromatic N) is 2. The summed E-state index contributed by atoms with van der Waals surface area (Å²) in [5, 5.41) is 9.71. The van der Waals surface area contributed by atoms with Crippen molar-refractivity contribution in [2.24, 2.45) is 0 Å². The average Bonchev–Trinajstić information content (AvgIpc) is 2.88. The van der Waals surface area contributed by atoms with Crippen molar-refractivity contribution < 1.29 is 19.1 Å². The van der Waals surface area contributed by atoms with Crippen LogP contribution in [0.3, 0.4) is 0 Å². The molecule has 0 aromatic carbocycles. The molecule has 0 atom stereocenters. The molecule has 0 fully saturated rings. The Kier molecular flexibility index (Phi) is 6.70. The first-order chi connectivity index (χ1) is 12.4. The molecule has 0 aliphatic rings. The van der Waals surface area contributed by atoms with Gasteiger partial charge in [0.25, 0.3) is 0 Å². The van der Waals surface area contributed by atoms with E-state index in [9.17, 15) is 14.9 Å². The van der Waals surface area contributed by atoms with Gasteiger partial charge in [-0.15, -0.1) is 11.8 Å². The molecule has 0 aliphatic heterocycles. The molecule has 0 amide bonds. The summed E-state index contributed by atoms with van der Waals surface area (Å²) in [5.74, 6) is -0.367. The van der Waals surface area contributed by atoms with Crippen molar-refractivity contribution in [1.82, 2.24) is 4.40 Å². The molecule has 138 valence electrons. The summed E-state index contributed by atoms with van der Waals surface area (Å²) in [5.41, 5.74) is 3.34. The maximum atomic E-state index is 12.6. The first-order valence-electron chi connectivity index (χ1n) is 8.45. The lowest BCUT2D eigenvalue weighted by atomic mass is 10.1. The van der Waals surface area contributed by atoms with Gasteiger partial charge in [0.05, 0.1) is 35.6 Å².